The predicted molar refractivity (Wildman–Crippen MR) is 32.0 cm³/mol. The fraction of sp³-hybridized carbons (Fsp3) is 0. The molecular formula is C6HF5Li. The van der Waals surface area contributed by atoms with Crippen LogP contribution in [0.4, 0.5) is 22.0 Å². The smallest absolute Gasteiger partial charge is 0.200 e. The van der Waals surface area contributed by atoms with E-state index in [1.165, 1.54) is 0 Å². The van der Waals surface area contributed by atoms with Gasteiger partial charge in [0, 0.05) is 24.9 Å². The molecule has 0 fully saturated rings. The molecule has 1 aromatic carbocycles. The first-order valence-electron chi connectivity index (χ1n) is 2.52. The standard InChI is InChI=1S/C6HF5.Li/c7-2-1-3(8)5(10)6(11)4(2)9;/h1H;. The van der Waals surface area contributed by atoms with Crippen molar-refractivity contribution in [3.63, 3.8) is 0 Å². The van der Waals surface area contributed by atoms with Crippen LogP contribution in [-0.4, -0.2) is 18.9 Å². The van der Waals surface area contributed by atoms with E-state index in [1.54, 1.807) is 0 Å². The van der Waals surface area contributed by atoms with Gasteiger partial charge in [-0.25, -0.2) is 22.0 Å². The molecule has 0 saturated heterocycles. The molecule has 1 radical (unpaired) electrons. The zero-order chi connectivity index (χ0) is 8.59. The zero-order valence-electron chi connectivity index (χ0n) is 5.97. The summed E-state index contributed by atoms with van der Waals surface area (Å²) in [7, 11) is 0. The predicted octanol–water partition coefficient (Wildman–Crippen LogP) is 2.00. The van der Waals surface area contributed by atoms with Crippen LogP contribution in [0.5, 0.6) is 0 Å². The monoisotopic (exact) mass is 175 g/mol. The molecule has 1 aromatic rings. The molecule has 0 saturated carbocycles. The maximum Gasteiger partial charge on any atom is 0.200 e. The first-order chi connectivity index (χ1) is 5.04. The van der Waals surface area contributed by atoms with Crippen LogP contribution < -0.4 is 0 Å². The van der Waals surface area contributed by atoms with Gasteiger partial charge >= 0.3 is 0 Å². The molecule has 0 heterocycles. The van der Waals surface area contributed by atoms with Crippen molar-refractivity contribution >= 4 is 18.9 Å². The Morgan fingerprint density at radius 2 is 1.00 bits per heavy atom. The second-order valence-electron chi connectivity index (χ2n) is 1.78. The molecule has 0 aliphatic heterocycles. The Morgan fingerprint density at radius 3 is 1.33 bits per heavy atom. The van der Waals surface area contributed by atoms with E-state index in [1.807, 2.05) is 0 Å². The van der Waals surface area contributed by atoms with Crippen LogP contribution in [-0.2, 0) is 0 Å². The third-order valence-corrected chi connectivity index (χ3v) is 1.06. The Kier molecular flexibility index (Phi) is 3.75. The van der Waals surface area contributed by atoms with Crippen molar-refractivity contribution in [1.82, 2.24) is 0 Å². The molecule has 0 amide bonds. The number of hydrogen-bond acceptors (Lipinski definition) is 0. The molecule has 0 atom stereocenters. The van der Waals surface area contributed by atoms with Crippen molar-refractivity contribution < 1.29 is 22.0 Å². The van der Waals surface area contributed by atoms with Crippen LogP contribution in [0.15, 0.2) is 6.07 Å². The average Bonchev–Trinajstić information content (AvgIpc) is 1.97. The Morgan fingerprint density at radius 1 is 0.667 bits per heavy atom. The maximum absolute atomic E-state index is 12.0. The van der Waals surface area contributed by atoms with Crippen molar-refractivity contribution in [1.29, 1.82) is 0 Å². The molecule has 0 aliphatic carbocycles. The van der Waals surface area contributed by atoms with E-state index in [-0.39, 0.29) is 24.9 Å². The van der Waals surface area contributed by atoms with E-state index in [0.29, 0.717) is 0 Å². The van der Waals surface area contributed by atoms with E-state index in [2.05, 4.69) is 0 Å². The summed E-state index contributed by atoms with van der Waals surface area (Å²) < 4.78 is 60.0. The van der Waals surface area contributed by atoms with Crippen LogP contribution in [0.2, 0.25) is 0 Å². The van der Waals surface area contributed by atoms with E-state index in [4.69, 9.17) is 0 Å². The van der Waals surface area contributed by atoms with Gasteiger partial charge in [0.05, 0.1) is 0 Å². The van der Waals surface area contributed by atoms with Crippen LogP contribution in [0, 0.1) is 29.1 Å². The van der Waals surface area contributed by atoms with Gasteiger partial charge in [0.25, 0.3) is 0 Å². The number of halogens is 5. The van der Waals surface area contributed by atoms with Gasteiger partial charge in [-0.2, -0.15) is 0 Å². The summed E-state index contributed by atoms with van der Waals surface area (Å²) in [4.78, 5) is 0. The molecular weight excluding hydrogens is 174 g/mol. The first kappa shape index (κ1) is 11.5. The van der Waals surface area contributed by atoms with Crippen molar-refractivity contribution in [3.05, 3.63) is 35.2 Å². The third-order valence-electron chi connectivity index (χ3n) is 1.06. The van der Waals surface area contributed by atoms with Gasteiger partial charge in [-0.3, -0.25) is 0 Å². The van der Waals surface area contributed by atoms with Gasteiger partial charge in [0.15, 0.2) is 23.3 Å². The molecule has 0 unspecified atom stereocenters. The van der Waals surface area contributed by atoms with Gasteiger partial charge in [-0.15, -0.1) is 0 Å². The second-order valence-corrected chi connectivity index (χ2v) is 1.78. The fourth-order valence-electron chi connectivity index (χ4n) is 0.544. The Balaban J connectivity index is 0.00000121. The zero-order valence-corrected chi connectivity index (χ0v) is 5.97. The molecule has 12 heavy (non-hydrogen) atoms. The fourth-order valence-corrected chi connectivity index (χ4v) is 0.544. The summed E-state index contributed by atoms with van der Waals surface area (Å²) in [6.07, 6.45) is 0. The molecule has 0 N–H and O–H groups in total. The number of benzene rings is 1. The summed E-state index contributed by atoms with van der Waals surface area (Å²) in [6.45, 7) is 0. The normalized spacial score (nSPS) is 9.42. The van der Waals surface area contributed by atoms with Crippen LogP contribution in [0.25, 0.3) is 0 Å². The molecule has 0 spiro atoms. The molecule has 0 bridgehead atoms. The van der Waals surface area contributed by atoms with Gasteiger partial charge in [0.1, 0.15) is 0 Å². The average molecular weight is 175 g/mol. The van der Waals surface area contributed by atoms with Gasteiger partial charge in [-0.1, -0.05) is 0 Å². The molecule has 0 aromatic heterocycles. The van der Waals surface area contributed by atoms with Crippen LogP contribution in [0.1, 0.15) is 0 Å². The van der Waals surface area contributed by atoms with E-state index < -0.39 is 29.1 Å². The molecule has 1 rings (SSSR count). The number of rotatable bonds is 0. The minimum absolute atomic E-state index is 0. The third kappa shape index (κ3) is 1.79. The van der Waals surface area contributed by atoms with Gasteiger partial charge in [0.2, 0.25) is 5.82 Å². The summed E-state index contributed by atoms with van der Waals surface area (Å²) in [6, 6.07) is -0.0618. The first-order valence-corrected chi connectivity index (χ1v) is 2.52. The molecule has 6 heteroatoms. The molecule has 0 aliphatic rings. The quantitative estimate of drug-likeness (QED) is 0.245. The Bertz CT molecular complexity index is 272. The minimum atomic E-state index is -2.14. The summed E-state index contributed by atoms with van der Waals surface area (Å²) in [5, 5.41) is 0. The summed E-state index contributed by atoms with van der Waals surface area (Å²) >= 11 is 0. The molecule has 0 nitrogen and oxygen atoms in total. The van der Waals surface area contributed by atoms with E-state index in [0.717, 1.165) is 0 Å². The maximum atomic E-state index is 12.0. The van der Waals surface area contributed by atoms with Crippen molar-refractivity contribution in [2.75, 3.05) is 0 Å². The second kappa shape index (κ2) is 3.92. The Hall–Kier alpha value is -0.533. The Labute approximate surface area is 76.6 Å². The SMILES string of the molecule is Fc1cc(F)c(F)c(F)c1F.[Li]. The largest absolute Gasteiger partial charge is 0.204 e. The topological polar surface area (TPSA) is 0 Å². The van der Waals surface area contributed by atoms with Crippen molar-refractivity contribution in [2.24, 2.45) is 0 Å². The van der Waals surface area contributed by atoms with Gasteiger partial charge < -0.3 is 0 Å². The van der Waals surface area contributed by atoms with Gasteiger partial charge in [-0.05, 0) is 0 Å². The summed E-state index contributed by atoms with van der Waals surface area (Å²) in [5.41, 5.74) is 0. The minimum Gasteiger partial charge on any atom is -0.204 e. The van der Waals surface area contributed by atoms with Crippen molar-refractivity contribution in [3.8, 4) is 0 Å². The van der Waals surface area contributed by atoms with Crippen molar-refractivity contribution in [2.45, 2.75) is 0 Å². The van der Waals surface area contributed by atoms with E-state index in [9.17, 15) is 22.0 Å². The van der Waals surface area contributed by atoms with Crippen LogP contribution in [0.3, 0.4) is 0 Å². The molecule has 61 valence electrons. The van der Waals surface area contributed by atoms with E-state index >= 15 is 0 Å². The summed E-state index contributed by atoms with van der Waals surface area (Å²) in [5.74, 6) is -9.65. The van der Waals surface area contributed by atoms with Crippen LogP contribution >= 0.6 is 0 Å². The number of hydrogen-bond donors (Lipinski definition) is 0.